The summed E-state index contributed by atoms with van der Waals surface area (Å²) in [6, 6.07) is 0.406. The number of nitrogens with one attached hydrogen (secondary N) is 1. The minimum Gasteiger partial charge on any atom is -0.409 e. The summed E-state index contributed by atoms with van der Waals surface area (Å²) in [7, 11) is 0. The van der Waals surface area contributed by atoms with Crippen LogP contribution in [-0.4, -0.2) is 23.1 Å². The molecule has 82 valence electrons. The van der Waals surface area contributed by atoms with Gasteiger partial charge in [-0.1, -0.05) is 18.0 Å². The molecule has 1 rings (SSSR count). The summed E-state index contributed by atoms with van der Waals surface area (Å²) in [6.07, 6.45) is 5.29. The maximum Gasteiger partial charge on any atom is 0.156 e. The van der Waals surface area contributed by atoms with Gasteiger partial charge in [-0.15, -0.1) is 0 Å². The lowest BCUT2D eigenvalue weighted by molar-refractivity contribution is 0.311. The first kappa shape index (κ1) is 11.3. The molecule has 0 bridgehead atoms. The fraction of sp³-hybridized carbons (Fsp3) is 0.900. The van der Waals surface area contributed by atoms with Crippen molar-refractivity contribution >= 4 is 5.84 Å². The van der Waals surface area contributed by atoms with Crippen molar-refractivity contribution in [3.8, 4) is 0 Å². The van der Waals surface area contributed by atoms with Crippen LogP contribution >= 0.6 is 0 Å². The topological polar surface area (TPSA) is 70.6 Å². The third kappa shape index (κ3) is 2.87. The van der Waals surface area contributed by atoms with Crippen molar-refractivity contribution in [3.63, 3.8) is 0 Å². The van der Waals surface area contributed by atoms with E-state index in [1.807, 2.05) is 6.92 Å². The number of nitrogens with zero attached hydrogens (tertiary/aromatic N) is 1. The normalized spacial score (nSPS) is 23.7. The maximum atomic E-state index is 8.51. The standard InChI is InChI=1S/C10H21N3O/c1-7(9-5-3-4-6-9)12-8(2)10(11)13-14/h7-9,12,14H,3-6H2,1-2H3,(H2,11,13)/t7-,8?/m0/s1. The van der Waals surface area contributed by atoms with Crippen molar-refractivity contribution in [2.75, 3.05) is 0 Å². The molecule has 4 nitrogen and oxygen atoms in total. The molecule has 1 fully saturated rings. The highest BCUT2D eigenvalue weighted by Crippen LogP contribution is 2.27. The van der Waals surface area contributed by atoms with Crippen LogP contribution in [0.15, 0.2) is 5.16 Å². The number of amidine groups is 1. The van der Waals surface area contributed by atoms with Crippen LogP contribution in [0.3, 0.4) is 0 Å². The molecule has 1 aliphatic rings. The summed E-state index contributed by atoms with van der Waals surface area (Å²) in [5.74, 6) is 1.01. The number of rotatable bonds is 4. The molecule has 0 heterocycles. The SMILES string of the molecule is CC(N[C@@H](C)C1CCCC1)C(N)=NO. The molecular weight excluding hydrogens is 178 g/mol. The summed E-state index contributed by atoms with van der Waals surface area (Å²) in [4.78, 5) is 0. The van der Waals surface area contributed by atoms with Crippen molar-refractivity contribution in [1.29, 1.82) is 0 Å². The van der Waals surface area contributed by atoms with Gasteiger partial charge in [0.25, 0.3) is 0 Å². The molecule has 0 radical (unpaired) electrons. The minimum absolute atomic E-state index is 0.0457. The van der Waals surface area contributed by atoms with Gasteiger partial charge >= 0.3 is 0 Å². The molecule has 4 N–H and O–H groups in total. The van der Waals surface area contributed by atoms with Crippen LogP contribution in [0.1, 0.15) is 39.5 Å². The van der Waals surface area contributed by atoms with Crippen LogP contribution in [0.5, 0.6) is 0 Å². The molecule has 1 unspecified atom stereocenters. The fourth-order valence-electron chi connectivity index (χ4n) is 2.16. The Hall–Kier alpha value is -0.770. The van der Waals surface area contributed by atoms with Crippen molar-refractivity contribution < 1.29 is 5.21 Å². The molecule has 0 aliphatic heterocycles. The van der Waals surface area contributed by atoms with Crippen LogP contribution in [0.25, 0.3) is 0 Å². The van der Waals surface area contributed by atoms with E-state index in [1.165, 1.54) is 25.7 Å². The Labute approximate surface area is 85.6 Å². The average molecular weight is 199 g/mol. The number of hydrogen-bond donors (Lipinski definition) is 3. The summed E-state index contributed by atoms with van der Waals surface area (Å²) in [5.41, 5.74) is 5.50. The second kappa shape index (κ2) is 5.20. The molecule has 2 atom stereocenters. The molecule has 0 amide bonds. The monoisotopic (exact) mass is 199 g/mol. The van der Waals surface area contributed by atoms with Gasteiger partial charge in [-0.25, -0.2) is 0 Å². The third-order valence-electron chi connectivity index (χ3n) is 3.18. The molecular formula is C10H21N3O. The molecule has 1 aliphatic carbocycles. The van der Waals surface area contributed by atoms with Crippen LogP contribution in [0, 0.1) is 5.92 Å². The van der Waals surface area contributed by atoms with Gasteiger partial charge in [0.15, 0.2) is 5.84 Å². The second-order valence-corrected chi connectivity index (χ2v) is 4.25. The van der Waals surface area contributed by atoms with Crippen LogP contribution in [0.4, 0.5) is 0 Å². The zero-order valence-corrected chi connectivity index (χ0v) is 9.03. The van der Waals surface area contributed by atoms with Crippen LogP contribution in [-0.2, 0) is 0 Å². The summed E-state index contributed by atoms with van der Waals surface area (Å²) < 4.78 is 0. The number of nitrogens with two attached hydrogens (primary N) is 1. The van der Waals surface area contributed by atoms with E-state index >= 15 is 0 Å². The van der Waals surface area contributed by atoms with Crippen LogP contribution in [0.2, 0.25) is 0 Å². The van der Waals surface area contributed by atoms with Gasteiger partial charge in [0.2, 0.25) is 0 Å². The van der Waals surface area contributed by atoms with Gasteiger partial charge < -0.3 is 16.3 Å². The quantitative estimate of drug-likeness (QED) is 0.276. The first-order chi connectivity index (χ1) is 6.65. The Balaban J connectivity index is 2.35. The van der Waals surface area contributed by atoms with Gasteiger partial charge in [0, 0.05) is 6.04 Å². The van der Waals surface area contributed by atoms with Gasteiger partial charge in [0.1, 0.15) is 0 Å². The molecule has 0 saturated heterocycles. The molecule has 0 aromatic heterocycles. The van der Waals surface area contributed by atoms with Crippen molar-refractivity contribution in [2.45, 2.75) is 51.6 Å². The van der Waals surface area contributed by atoms with E-state index in [0.29, 0.717) is 6.04 Å². The molecule has 0 aromatic rings. The first-order valence-corrected chi connectivity index (χ1v) is 5.38. The first-order valence-electron chi connectivity index (χ1n) is 5.38. The fourth-order valence-corrected chi connectivity index (χ4v) is 2.16. The lowest BCUT2D eigenvalue weighted by Gasteiger charge is -2.24. The highest BCUT2D eigenvalue weighted by atomic mass is 16.4. The smallest absolute Gasteiger partial charge is 0.156 e. The van der Waals surface area contributed by atoms with E-state index in [9.17, 15) is 0 Å². The van der Waals surface area contributed by atoms with E-state index in [1.54, 1.807) is 0 Å². The lowest BCUT2D eigenvalue weighted by atomic mass is 9.99. The van der Waals surface area contributed by atoms with E-state index in [2.05, 4.69) is 17.4 Å². The Kier molecular flexibility index (Phi) is 4.20. The Morgan fingerprint density at radius 3 is 2.50 bits per heavy atom. The molecule has 0 aromatic carbocycles. The predicted molar refractivity (Wildman–Crippen MR) is 57.4 cm³/mol. The van der Waals surface area contributed by atoms with Gasteiger partial charge in [-0.05, 0) is 32.6 Å². The molecule has 4 heteroatoms. The van der Waals surface area contributed by atoms with Gasteiger partial charge in [0.05, 0.1) is 6.04 Å². The zero-order chi connectivity index (χ0) is 10.6. The molecule has 14 heavy (non-hydrogen) atoms. The largest absolute Gasteiger partial charge is 0.409 e. The Morgan fingerprint density at radius 1 is 1.43 bits per heavy atom. The predicted octanol–water partition coefficient (Wildman–Crippen LogP) is 1.29. The van der Waals surface area contributed by atoms with E-state index in [4.69, 9.17) is 10.9 Å². The Morgan fingerprint density at radius 2 is 2.00 bits per heavy atom. The minimum atomic E-state index is -0.0457. The highest BCUT2D eigenvalue weighted by Gasteiger charge is 2.23. The summed E-state index contributed by atoms with van der Waals surface area (Å²) in [6.45, 7) is 4.09. The highest BCUT2D eigenvalue weighted by molar-refractivity contribution is 5.84. The van der Waals surface area contributed by atoms with Gasteiger partial charge in [-0.3, -0.25) is 0 Å². The Bertz CT molecular complexity index is 200. The van der Waals surface area contributed by atoms with Gasteiger partial charge in [-0.2, -0.15) is 0 Å². The maximum absolute atomic E-state index is 8.51. The van der Waals surface area contributed by atoms with E-state index in [0.717, 1.165) is 5.92 Å². The zero-order valence-electron chi connectivity index (χ0n) is 9.03. The number of hydrogen-bond acceptors (Lipinski definition) is 3. The number of oxime groups is 1. The third-order valence-corrected chi connectivity index (χ3v) is 3.18. The van der Waals surface area contributed by atoms with E-state index < -0.39 is 0 Å². The summed E-state index contributed by atoms with van der Waals surface area (Å²) in [5, 5.41) is 14.9. The molecule has 0 spiro atoms. The van der Waals surface area contributed by atoms with Crippen molar-refractivity contribution in [2.24, 2.45) is 16.8 Å². The van der Waals surface area contributed by atoms with Crippen molar-refractivity contribution in [1.82, 2.24) is 5.32 Å². The molecule has 1 saturated carbocycles. The summed E-state index contributed by atoms with van der Waals surface area (Å²) >= 11 is 0. The lowest BCUT2D eigenvalue weighted by Crippen LogP contribution is -2.45. The van der Waals surface area contributed by atoms with Crippen molar-refractivity contribution in [3.05, 3.63) is 0 Å². The average Bonchev–Trinajstić information content (AvgIpc) is 2.69. The second-order valence-electron chi connectivity index (χ2n) is 4.25. The van der Waals surface area contributed by atoms with E-state index in [-0.39, 0.29) is 11.9 Å². The van der Waals surface area contributed by atoms with Crippen LogP contribution < -0.4 is 11.1 Å².